The van der Waals surface area contributed by atoms with Gasteiger partial charge >= 0.3 is 0 Å². The highest BCUT2D eigenvalue weighted by molar-refractivity contribution is 5.94. The van der Waals surface area contributed by atoms with Gasteiger partial charge in [0.1, 0.15) is 5.82 Å². The van der Waals surface area contributed by atoms with Crippen molar-refractivity contribution in [2.24, 2.45) is 0 Å². The van der Waals surface area contributed by atoms with E-state index in [9.17, 15) is 0 Å². The van der Waals surface area contributed by atoms with Gasteiger partial charge in [-0.15, -0.1) is 0 Å². The fourth-order valence-corrected chi connectivity index (χ4v) is 3.58. The number of fused-ring (bicyclic) bond motifs is 1. The van der Waals surface area contributed by atoms with E-state index in [1.54, 1.807) is 24.8 Å². The van der Waals surface area contributed by atoms with Crippen molar-refractivity contribution in [3.05, 3.63) is 61.4 Å². The standard InChI is InChI=1S/C22H22N8/c1-29-8-10-30(11-9-29)22-26-13-17(14-27-22)16-2-3-18-19(4-5-24-20(18)12-16)28-21-15-23-6-7-25-21/h2-7,12-15H,8-11H2,1H3,(H,24,25,28). The quantitative estimate of drug-likeness (QED) is 0.562. The van der Waals surface area contributed by atoms with Crippen LogP contribution in [-0.2, 0) is 0 Å². The second-order valence-corrected chi connectivity index (χ2v) is 7.37. The third kappa shape index (κ3) is 3.77. The van der Waals surface area contributed by atoms with Crippen molar-refractivity contribution in [3.8, 4) is 11.1 Å². The highest BCUT2D eigenvalue weighted by Gasteiger charge is 2.16. The van der Waals surface area contributed by atoms with Gasteiger partial charge in [-0.2, -0.15) is 0 Å². The van der Waals surface area contributed by atoms with Crippen LogP contribution in [0.3, 0.4) is 0 Å². The average molecular weight is 398 g/mol. The van der Waals surface area contributed by atoms with Crippen LogP contribution in [0.15, 0.2) is 61.4 Å². The van der Waals surface area contributed by atoms with Crippen molar-refractivity contribution < 1.29 is 0 Å². The molecule has 0 bridgehead atoms. The number of likely N-dealkylation sites (N-methyl/N-ethyl adjacent to an activating group) is 1. The van der Waals surface area contributed by atoms with Crippen molar-refractivity contribution in [2.45, 2.75) is 0 Å². The van der Waals surface area contributed by atoms with Gasteiger partial charge in [0, 0.05) is 68.1 Å². The SMILES string of the molecule is CN1CCN(c2ncc(-c3ccc4c(Nc5cnccn5)ccnc4c3)cn2)CC1. The number of hydrogen-bond donors (Lipinski definition) is 1. The minimum Gasteiger partial charge on any atom is -0.338 e. The molecule has 150 valence electrons. The van der Waals surface area contributed by atoms with Crippen molar-refractivity contribution in [1.29, 1.82) is 0 Å². The van der Waals surface area contributed by atoms with Gasteiger partial charge in [-0.1, -0.05) is 12.1 Å². The molecule has 30 heavy (non-hydrogen) atoms. The molecule has 0 amide bonds. The van der Waals surface area contributed by atoms with Gasteiger partial charge in [-0.25, -0.2) is 15.0 Å². The zero-order valence-corrected chi connectivity index (χ0v) is 16.7. The van der Waals surface area contributed by atoms with E-state index in [0.29, 0.717) is 5.82 Å². The predicted molar refractivity (Wildman–Crippen MR) is 118 cm³/mol. The third-order valence-corrected chi connectivity index (χ3v) is 5.33. The first-order valence-corrected chi connectivity index (χ1v) is 9.94. The number of nitrogens with one attached hydrogen (secondary N) is 1. The molecule has 0 saturated carbocycles. The molecule has 0 radical (unpaired) electrons. The number of rotatable bonds is 4. The van der Waals surface area contributed by atoms with E-state index in [1.165, 1.54) is 0 Å². The second-order valence-electron chi connectivity index (χ2n) is 7.37. The summed E-state index contributed by atoms with van der Waals surface area (Å²) in [7, 11) is 2.14. The van der Waals surface area contributed by atoms with Gasteiger partial charge < -0.3 is 15.1 Å². The fraction of sp³-hybridized carbons (Fsp3) is 0.227. The Hall–Kier alpha value is -3.65. The summed E-state index contributed by atoms with van der Waals surface area (Å²) in [4.78, 5) is 26.7. The Balaban J connectivity index is 1.40. The maximum Gasteiger partial charge on any atom is 0.225 e. The summed E-state index contributed by atoms with van der Waals surface area (Å²) in [6.45, 7) is 3.98. The molecule has 1 aromatic carbocycles. The van der Waals surface area contributed by atoms with Gasteiger partial charge in [-0.05, 0) is 24.7 Å². The molecule has 3 aromatic heterocycles. The molecule has 1 aliphatic heterocycles. The van der Waals surface area contributed by atoms with E-state index >= 15 is 0 Å². The molecule has 0 spiro atoms. The van der Waals surface area contributed by atoms with Crippen molar-refractivity contribution in [2.75, 3.05) is 43.4 Å². The Morgan fingerprint density at radius 1 is 0.800 bits per heavy atom. The third-order valence-electron chi connectivity index (χ3n) is 5.33. The maximum atomic E-state index is 4.61. The largest absolute Gasteiger partial charge is 0.338 e. The predicted octanol–water partition coefficient (Wildman–Crippen LogP) is 2.98. The van der Waals surface area contributed by atoms with E-state index in [1.807, 2.05) is 18.5 Å². The van der Waals surface area contributed by atoms with Gasteiger partial charge in [0.15, 0.2) is 0 Å². The highest BCUT2D eigenvalue weighted by atomic mass is 15.3. The number of nitrogens with zero attached hydrogens (tertiary/aromatic N) is 7. The summed E-state index contributed by atoms with van der Waals surface area (Å²) in [5, 5.41) is 4.32. The minimum absolute atomic E-state index is 0.696. The number of hydrogen-bond acceptors (Lipinski definition) is 8. The number of aromatic nitrogens is 5. The Morgan fingerprint density at radius 3 is 2.40 bits per heavy atom. The summed E-state index contributed by atoms with van der Waals surface area (Å²) in [6, 6.07) is 8.13. The summed E-state index contributed by atoms with van der Waals surface area (Å²) in [6.07, 6.45) is 10.6. The van der Waals surface area contributed by atoms with E-state index < -0.39 is 0 Å². The first kappa shape index (κ1) is 18.4. The van der Waals surface area contributed by atoms with Crippen LogP contribution in [0.25, 0.3) is 22.0 Å². The Kier molecular flexibility index (Phi) is 4.90. The van der Waals surface area contributed by atoms with E-state index in [0.717, 1.165) is 59.8 Å². The van der Waals surface area contributed by atoms with Crippen LogP contribution < -0.4 is 10.2 Å². The van der Waals surface area contributed by atoms with E-state index in [2.05, 4.69) is 65.3 Å². The molecule has 0 unspecified atom stereocenters. The lowest BCUT2D eigenvalue weighted by molar-refractivity contribution is 0.311. The van der Waals surface area contributed by atoms with Crippen molar-refractivity contribution in [1.82, 2.24) is 29.8 Å². The molecule has 8 nitrogen and oxygen atoms in total. The summed E-state index contributed by atoms with van der Waals surface area (Å²) in [5.41, 5.74) is 3.85. The van der Waals surface area contributed by atoms with Gasteiger partial charge in [0.25, 0.3) is 0 Å². The lowest BCUT2D eigenvalue weighted by Gasteiger charge is -2.32. The van der Waals surface area contributed by atoms with Crippen LogP contribution in [0.4, 0.5) is 17.5 Å². The lowest BCUT2D eigenvalue weighted by Crippen LogP contribution is -2.45. The summed E-state index contributed by atoms with van der Waals surface area (Å²) in [5.74, 6) is 1.49. The van der Waals surface area contributed by atoms with Crippen LogP contribution in [0, 0.1) is 0 Å². The van der Waals surface area contributed by atoms with Gasteiger partial charge in [0.2, 0.25) is 5.95 Å². The van der Waals surface area contributed by atoms with Gasteiger partial charge in [0.05, 0.1) is 17.4 Å². The number of pyridine rings is 1. The normalized spacial score (nSPS) is 14.8. The van der Waals surface area contributed by atoms with Gasteiger partial charge in [-0.3, -0.25) is 9.97 Å². The molecule has 1 saturated heterocycles. The van der Waals surface area contributed by atoms with Crippen LogP contribution in [-0.4, -0.2) is 63.0 Å². The summed E-state index contributed by atoms with van der Waals surface area (Å²) >= 11 is 0. The molecule has 4 aromatic rings. The smallest absolute Gasteiger partial charge is 0.225 e. The zero-order chi connectivity index (χ0) is 20.3. The van der Waals surface area contributed by atoms with Crippen LogP contribution >= 0.6 is 0 Å². The molecule has 4 heterocycles. The van der Waals surface area contributed by atoms with E-state index in [4.69, 9.17) is 0 Å². The molecule has 0 aliphatic carbocycles. The highest BCUT2D eigenvalue weighted by Crippen LogP contribution is 2.28. The molecule has 1 N–H and O–H groups in total. The lowest BCUT2D eigenvalue weighted by atomic mass is 10.1. The fourth-order valence-electron chi connectivity index (χ4n) is 3.58. The summed E-state index contributed by atoms with van der Waals surface area (Å²) < 4.78 is 0. The number of piperazine rings is 1. The molecule has 8 heteroatoms. The maximum absolute atomic E-state index is 4.61. The monoisotopic (exact) mass is 398 g/mol. The Morgan fingerprint density at radius 2 is 1.63 bits per heavy atom. The molecule has 0 atom stereocenters. The van der Waals surface area contributed by atoms with Crippen LogP contribution in [0.1, 0.15) is 0 Å². The molecule has 1 aliphatic rings. The first-order chi connectivity index (χ1) is 14.8. The van der Waals surface area contributed by atoms with Crippen LogP contribution in [0.2, 0.25) is 0 Å². The van der Waals surface area contributed by atoms with Crippen molar-refractivity contribution >= 4 is 28.4 Å². The molecule has 1 fully saturated rings. The zero-order valence-electron chi connectivity index (χ0n) is 16.7. The number of benzene rings is 1. The number of anilines is 3. The second kappa shape index (κ2) is 8.00. The Labute approximate surface area is 174 Å². The first-order valence-electron chi connectivity index (χ1n) is 9.94. The van der Waals surface area contributed by atoms with E-state index in [-0.39, 0.29) is 0 Å². The molecule has 5 rings (SSSR count). The average Bonchev–Trinajstić information content (AvgIpc) is 2.80. The minimum atomic E-state index is 0.696. The van der Waals surface area contributed by atoms with Crippen molar-refractivity contribution in [3.63, 3.8) is 0 Å². The Bertz CT molecular complexity index is 1140. The molecular formula is C22H22N8. The topological polar surface area (TPSA) is 83.0 Å². The molecular weight excluding hydrogens is 376 g/mol. The van der Waals surface area contributed by atoms with Crippen LogP contribution in [0.5, 0.6) is 0 Å².